The molecule has 0 fully saturated rings. The number of nitrogens with zero attached hydrogens (tertiary/aromatic N) is 1. The zero-order valence-electron chi connectivity index (χ0n) is 15.8. The van der Waals surface area contributed by atoms with E-state index >= 15 is 0 Å². The van der Waals surface area contributed by atoms with E-state index in [-0.39, 0.29) is 12.0 Å². The minimum Gasteiger partial charge on any atom is -0.491 e. The molecule has 0 bridgehead atoms. The standard InChI is InChI=1S/C19H32N2O2/c1-8-21(9-2,10-3)13-18(22)20-19-15(6)11-17(12-16(19)7)23-14(4)5/h11-12,14H,8-10,13H2,1-7H3/p+1. The number of hydrogen-bond donors (Lipinski definition) is 1. The fourth-order valence-corrected chi connectivity index (χ4v) is 2.95. The summed E-state index contributed by atoms with van der Waals surface area (Å²) in [4.78, 5) is 12.5. The predicted molar refractivity (Wildman–Crippen MR) is 97.1 cm³/mol. The van der Waals surface area contributed by atoms with Gasteiger partial charge in [-0.25, -0.2) is 0 Å². The molecular weight excluding hydrogens is 288 g/mol. The zero-order valence-corrected chi connectivity index (χ0v) is 15.8. The zero-order chi connectivity index (χ0) is 17.6. The van der Waals surface area contributed by atoms with Crippen LogP contribution in [0.25, 0.3) is 0 Å². The first-order valence-corrected chi connectivity index (χ1v) is 8.69. The minimum atomic E-state index is 0.0827. The summed E-state index contributed by atoms with van der Waals surface area (Å²) in [7, 11) is 0. The molecule has 0 aliphatic carbocycles. The molecule has 0 saturated heterocycles. The van der Waals surface area contributed by atoms with Crippen LogP contribution in [0.3, 0.4) is 0 Å². The van der Waals surface area contributed by atoms with Crippen molar-refractivity contribution in [2.24, 2.45) is 0 Å². The van der Waals surface area contributed by atoms with Crippen molar-refractivity contribution in [3.05, 3.63) is 23.3 Å². The van der Waals surface area contributed by atoms with Crippen LogP contribution in [0.2, 0.25) is 0 Å². The van der Waals surface area contributed by atoms with E-state index in [1.807, 2.05) is 39.8 Å². The van der Waals surface area contributed by atoms with Gasteiger partial charge in [0.2, 0.25) is 0 Å². The van der Waals surface area contributed by atoms with E-state index in [1.54, 1.807) is 0 Å². The first kappa shape index (κ1) is 19.5. The van der Waals surface area contributed by atoms with Crippen LogP contribution in [0, 0.1) is 13.8 Å². The van der Waals surface area contributed by atoms with Crippen molar-refractivity contribution in [2.75, 3.05) is 31.5 Å². The van der Waals surface area contributed by atoms with Gasteiger partial charge in [0.15, 0.2) is 6.54 Å². The monoisotopic (exact) mass is 321 g/mol. The Balaban J connectivity index is 2.90. The van der Waals surface area contributed by atoms with Crippen molar-refractivity contribution in [1.29, 1.82) is 0 Å². The first-order chi connectivity index (χ1) is 10.8. The Labute approximate surface area is 141 Å². The van der Waals surface area contributed by atoms with Crippen LogP contribution in [0.1, 0.15) is 45.7 Å². The van der Waals surface area contributed by atoms with Gasteiger partial charge in [-0.15, -0.1) is 0 Å². The molecule has 0 saturated carbocycles. The van der Waals surface area contributed by atoms with E-state index in [0.717, 1.165) is 46.7 Å². The second kappa shape index (κ2) is 8.34. The van der Waals surface area contributed by atoms with Gasteiger partial charge < -0.3 is 14.5 Å². The van der Waals surface area contributed by atoms with Crippen LogP contribution in [0.5, 0.6) is 5.75 Å². The summed E-state index contributed by atoms with van der Waals surface area (Å²) in [6, 6.07) is 3.98. The topological polar surface area (TPSA) is 38.3 Å². The Morgan fingerprint density at radius 3 is 1.96 bits per heavy atom. The molecule has 130 valence electrons. The lowest BCUT2D eigenvalue weighted by Crippen LogP contribution is -2.52. The van der Waals surface area contributed by atoms with Gasteiger partial charge in [-0.1, -0.05) is 0 Å². The Kier molecular flexibility index (Phi) is 7.07. The quantitative estimate of drug-likeness (QED) is 0.737. The van der Waals surface area contributed by atoms with E-state index < -0.39 is 0 Å². The van der Waals surface area contributed by atoms with Gasteiger partial charge in [0.1, 0.15) is 5.75 Å². The fraction of sp³-hybridized carbons (Fsp3) is 0.632. The molecule has 0 spiro atoms. The number of ether oxygens (including phenoxy) is 1. The Hall–Kier alpha value is -1.55. The largest absolute Gasteiger partial charge is 0.491 e. The van der Waals surface area contributed by atoms with Crippen molar-refractivity contribution in [3.63, 3.8) is 0 Å². The Morgan fingerprint density at radius 1 is 1.09 bits per heavy atom. The summed E-state index contributed by atoms with van der Waals surface area (Å²) in [5.41, 5.74) is 2.99. The number of amides is 1. The molecule has 1 amide bonds. The molecule has 23 heavy (non-hydrogen) atoms. The van der Waals surface area contributed by atoms with Crippen LogP contribution in [0.15, 0.2) is 12.1 Å². The third-order valence-electron chi connectivity index (χ3n) is 4.63. The maximum absolute atomic E-state index is 12.5. The number of carbonyl (C=O) groups excluding carboxylic acids is 1. The summed E-state index contributed by atoms with van der Waals surface area (Å²) in [6.45, 7) is 17.9. The summed E-state index contributed by atoms with van der Waals surface area (Å²) >= 11 is 0. The number of nitrogens with one attached hydrogen (secondary N) is 1. The molecule has 0 aliphatic rings. The number of likely N-dealkylation sites (N-methyl/N-ethyl adjacent to an activating group) is 1. The number of quaternary nitrogens is 1. The summed E-state index contributed by atoms with van der Waals surface area (Å²) in [6.07, 6.45) is 0.144. The highest BCUT2D eigenvalue weighted by molar-refractivity contribution is 5.93. The molecule has 0 aromatic heterocycles. The molecule has 4 nitrogen and oxygen atoms in total. The molecule has 0 atom stereocenters. The minimum absolute atomic E-state index is 0.0827. The average molecular weight is 321 g/mol. The van der Waals surface area contributed by atoms with E-state index in [9.17, 15) is 4.79 Å². The van der Waals surface area contributed by atoms with Gasteiger partial charge in [0.25, 0.3) is 5.91 Å². The maximum atomic E-state index is 12.5. The summed E-state index contributed by atoms with van der Waals surface area (Å²) in [5.74, 6) is 0.938. The molecule has 1 aromatic carbocycles. The van der Waals surface area contributed by atoms with E-state index in [2.05, 4.69) is 26.1 Å². The number of carbonyl (C=O) groups is 1. The van der Waals surface area contributed by atoms with Crippen LogP contribution < -0.4 is 10.1 Å². The van der Waals surface area contributed by atoms with Crippen LogP contribution >= 0.6 is 0 Å². The Morgan fingerprint density at radius 2 is 1.57 bits per heavy atom. The second-order valence-electron chi connectivity index (χ2n) is 6.60. The number of aryl methyl sites for hydroxylation is 2. The molecule has 4 heteroatoms. The lowest BCUT2D eigenvalue weighted by Gasteiger charge is -2.35. The lowest BCUT2D eigenvalue weighted by molar-refractivity contribution is -0.915. The third kappa shape index (κ3) is 5.24. The number of anilines is 1. The lowest BCUT2D eigenvalue weighted by atomic mass is 10.1. The van der Waals surface area contributed by atoms with Gasteiger partial charge in [-0.05, 0) is 71.7 Å². The molecule has 1 aromatic rings. The van der Waals surface area contributed by atoms with Crippen molar-refractivity contribution in [1.82, 2.24) is 0 Å². The molecule has 0 unspecified atom stereocenters. The van der Waals surface area contributed by atoms with Crippen LogP contribution in [0.4, 0.5) is 5.69 Å². The van der Waals surface area contributed by atoms with Crippen LogP contribution in [-0.4, -0.2) is 42.7 Å². The smallest absolute Gasteiger partial charge is 0.279 e. The van der Waals surface area contributed by atoms with Crippen molar-refractivity contribution < 1.29 is 14.0 Å². The predicted octanol–water partition coefficient (Wildman–Crippen LogP) is 3.91. The fourth-order valence-electron chi connectivity index (χ4n) is 2.95. The van der Waals surface area contributed by atoms with Crippen LogP contribution in [-0.2, 0) is 4.79 Å². The molecule has 0 radical (unpaired) electrons. The number of rotatable bonds is 8. The number of benzene rings is 1. The van der Waals surface area contributed by atoms with Crippen molar-refractivity contribution >= 4 is 11.6 Å². The van der Waals surface area contributed by atoms with Gasteiger partial charge in [0, 0.05) is 5.69 Å². The second-order valence-corrected chi connectivity index (χ2v) is 6.60. The summed E-state index contributed by atoms with van der Waals surface area (Å²) < 4.78 is 6.57. The van der Waals surface area contributed by atoms with E-state index in [4.69, 9.17) is 4.74 Å². The molecular formula is C19H33N2O2+. The molecule has 1 N–H and O–H groups in total. The molecule has 1 rings (SSSR count). The highest BCUT2D eigenvalue weighted by atomic mass is 16.5. The van der Waals surface area contributed by atoms with E-state index in [1.165, 1.54) is 0 Å². The molecule has 0 aliphatic heterocycles. The van der Waals surface area contributed by atoms with Gasteiger partial charge in [-0.3, -0.25) is 4.79 Å². The van der Waals surface area contributed by atoms with Crippen molar-refractivity contribution in [2.45, 2.75) is 54.6 Å². The Bertz CT molecular complexity index is 503. The first-order valence-electron chi connectivity index (χ1n) is 8.69. The maximum Gasteiger partial charge on any atom is 0.279 e. The van der Waals surface area contributed by atoms with Gasteiger partial charge in [0.05, 0.1) is 25.7 Å². The van der Waals surface area contributed by atoms with Crippen molar-refractivity contribution in [3.8, 4) is 5.75 Å². The average Bonchev–Trinajstić information content (AvgIpc) is 2.48. The number of hydrogen-bond acceptors (Lipinski definition) is 2. The SMILES string of the molecule is CC[N+](CC)(CC)CC(=O)Nc1c(C)cc(OC(C)C)cc1C. The van der Waals surface area contributed by atoms with Gasteiger partial charge >= 0.3 is 0 Å². The summed E-state index contributed by atoms with van der Waals surface area (Å²) in [5, 5.41) is 3.11. The van der Waals surface area contributed by atoms with E-state index in [0.29, 0.717) is 6.54 Å². The molecule has 0 heterocycles. The third-order valence-corrected chi connectivity index (χ3v) is 4.63. The van der Waals surface area contributed by atoms with Gasteiger partial charge in [-0.2, -0.15) is 0 Å². The highest BCUT2D eigenvalue weighted by Crippen LogP contribution is 2.27. The highest BCUT2D eigenvalue weighted by Gasteiger charge is 2.25. The normalized spacial score (nSPS) is 11.7.